The Hall–Kier alpha value is -3.32. The Morgan fingerprint density at radius 2 is 1.70 bits per heavy atom. The lowest BCUT2D eigenvalue weighted by Crippen LogP contribution is -2.22. The van der Waals surface area contributed by atoms with Crippen LogP contribution in [0, 0.1) is 5.82 Å². The molecule has 0 fully saturated rings. The molecular formula is C23H21FN2O3S. The normalized spacial score (nSPS) is 11.4. The fourth-order valence-electron chi connectivity index (χ4n) is 2.65. The van der Waals surface area contributed by atoms with E-state index in [2.05, 4.69) is 10.6 Å². The molecule has 0 aliphatic heterocycles. The van der Waals surface area contributed by atoms with Crippen LogP contribution in [0.15, 0.2) is 77.7 Å². The maximum atomic E-state index is 13.7. The van der Waals surface area contributed by atoms with Gasteiger partial charge in [-0.3, -0.25) is 9.59 Å². The molecule has 5 nitrogen and oxygen atoms in total. The third-order valence-corrected chi connectivity index (χ3v) is 5.35. The molecule has 30 heavy (non-hydrogen) atoms. The zero-order valence-electron chi connectivity index (χ0n) is 16.5. The molecule has 2 N–H and O–H groups in total. The molecule has 3 rings (SSSR count). The van der Waals surface area contributed by atoms with E-state index in [1.54, 1.807) is 68.6 Å². The van der Waals surface area contributed by atoms with Gasteiger partial charge in [0.1, 0.15) is 11.6 Å². The van der Waals surface area contributed by atoms with Crippen molar-refractivity contribution >= 4 is 35.0 Å². The number of methoxy groups -OCH3 is 1. The highest BCUT2D eigenvalue weighted by molar-refractivity contribution is 8.00. The van der Waals surface area contributed by atoms with Crippen molar-refractivity contribution in [3.8, 4) is 5.75 Å². The Balaban J connectivity index is 1.62. The zero-order chi connectivity index (χ0) is 21.5. The van der Waals surface area contributed by atoms with Crippen LogP contribution in [0.5, 0.6) is 5.75 Å². The number of hydrogen-bond donors (Lipinski definition) is 2. The van der Waals surface area contributed by atoms with Crippen molar-refractivity contribution < 1.29 is 18.7 Å². The maximum Gasteiger partial charge on any atom is 0.255 e. The van der Waals surface area contributed by atoms with Gasteiger partial charge in [0.05, 0.1) is 18.0 Å². The third kappa shape index (κ3) is 5.61. The first kappa shape index (κ1) is 21.4. The smallest absolute Gasteiger partial charge is 0.255 e. The molecule has 1 atom stereocenters. The molecule has 3 aromatic carbocycles. The Bertz CT molecular complexity index is 1040. The highest BCUT2D eigenvalue weighted by Gasteiger charge is 2.16. The summed E-state index contributed by atoms with van der Waals surface area (Å²) >= 11 is 1.32. The minimum absolute atomic E-state index is 0.149. The lowest BCUT2D eigenvalue weighted by molar-refractivity contribution is -0.115. The highest BCUT2D eigenvalue weighted by Crippen LogP contribution is 2.27. The molecule has 0 heterocycles. The Morgan fingerprint density at radius 3 is 2.40 bits per heavy atom. The van der Waals surface area contributed by atoms with E-state index < -0.39 is 11.1 Å². The number of rotatable bonds is 7. The summed E-state index contributed by atoms with van der Waals surface area (Å²) in [6.07, 6.45) is 0. The molecule has 7 heteroatoms. The summed E-state index contributed by atoms with van der Waals surface area (Å²) in [4.78, 5) is 25.6. The molecule has 1 unspecified atom stereocenters. The summed E-state index contributed by atoms with van der Waals surface area (Å²) in [6, 6.07) is 20.0. The molecule has 0 aromatic heterocycles. The molecule has 0 saturated carbocycles. The monoisotopic (exact) mass is 424 g/mol. The van der Waals surface area contributed by atoms with Crippen LogP contribution in [0.25, 0.3) is 0 Å². The molecule has 0 radical (unpaired) electrons. The predicted molar refractivity (Wildman–Crippen MR) is 118 cm³/mol. The Kier molecular flexibility index (Phi) is 7.08. The SMILES string of the molecule is COc1ccc(C(=O)Nc2cccc(SC(C)C(=O)Nc3ccccc3F)c2)cc1. The minimum atomic E-state index is -0.480. The van der Waals surface area contributed by atoms with Crippen LogP contribution >= 0.6 is 11.8 Å². The summed E-state index contributed by atoms with van der Waals surface area (Å²) in [5, 5.41) is 4.97. The average molecular weight is 424 g/mol. The third-order valence-electron chi connectivity index (χ3n) is 4.26. The number of benzene rings is 3. The summed E-state index contributed by atoms with van der Waals surface area (Å²) in [5.41, 5.74) is 1.27. The molecule has 3 aromatic rings. The molecule has 0 saturated heterocycles. The van der Waals surface area contributed by atoms with E-state index in [1.165, 1.54) is 23.9 Å². The van der Waals surface area contributed by atoms with Crippen molar-refractivity contribution in [2.24, 2.45) is 0 Å². The number of thioether (sulfide) groups is 1. The van der Waals surface area contributed by atoms with Gasteiger partial charge in [0, 0.05) is 16.1 Å². The number of ether oxygens (including phenoxy) is 1. The maximum absolute atomic E-state index is 13.7. The number of nitrogens with one attached hydrogen (secondary N) is 2. The van der Waals surface area contributed by atoms with Crippen LogP contribution in [0.2, 0.25) is 0 Å². The summed E-state index contributed by atoms with van der Waals surface area (Å²) in [5.74, 6) is -0.359. The van der Waals surface area contributed by atoms with Gasteiger partial charge >= 0.3 is 0 Å². The van der Waals surface area contributed by atoms with E-state index in [0.29, 0.717) is 17.0 Å². The molecule has 0 spiro atoms. The van der Waals surface area contributed by atoms with Gasteiger partial charge in [0.15, 0.2) is 0 Å². The number of amides is 2. The standard InChI is InChI=1S/C23H21FN2O3S/c1-15(22(27)26-21-9-4-3-8-20(21)24)30-19-7-5-6-17(14-19)25-23(28)16-10-12-18(29-2)13-11-16/h3-15H,1-2H3,(H,25,28)(H,26,27). The topological polar surface area (TPSA) is 67.4 Å². The van der Waals surface area contributed by atoms with Gasteiger partial charge in [0.2, 0.25) is 5.91 Å². The fourth-order valence-corrected chi connectivity index (χ4v) is 3.57. The predicted octanol–water partition coefficient (Wildman–Crippen LogP) is 5.21. The summed E-state index contributed by atoms with van der Waals surface area (Å²) in [7, 11) is 1.57. The second-order valence-corrected chi connectivity index (χ2v) is 7.85. The second kappa shape index (κ2) is 9.93. The van der Waals surface area contributed by atoms with Crippen LogP contribution in [-0.4, -0.2) is 24.2 Å². The highest BCUT2D eigenvalue weighted by atomic mass is 32.2. The number of anilines is 2. The molecule has 2 amide bonds. The van der Waals surface area contributed by atoms with Crippen LogP contribution in [0.1, 0.15) is 17.3 Å². The average Bonchev–Trinajstić information content (AvgIpc) is 2.75. The van der Waals surface area contributed by atoms with Crippen LogP contribution in [-0.2, 0) is 4.79 Å². The number of para-hydroxylation sites is 1. The second-order valence-electron chi connectivity index (χ2n) is 6.44. The fraction of sp³-hybridized carbons (Fsp3) is 0.130. The van der Waals surface area contributed by atoms with Crippen LogP contribution in [0.3, 0.4) is 0 Å². The van der Waals surface area contributed by atoms with E-state index in [0.717, 1.165) is 4.90 Å². The number of carbonyl (C=O) groups excluding carboxylic acids is 2. The van der Waals surface area contributed by atoms with Gasteiger partial charge in [-0.2, -0.15) is 0 Å². The van der Waals surface area contributed by atoms with Crippen molar-refractivity contribution in [2.45, 2.75) is 17.1 Å². The number of hydrogen-bond acceptors (Lipinski definition) is 4. The zero-order valence-corrected chi connectivity index (χ0v) is 17.3. The van der Waals surface area contributed by atoms with Crippen molar-refractivity contribution in [3.05, 3.63) is 84.2 Å². The van der Waals surface area contributed by atoms with Crippen molar-refractivity contribution in [1.29, 1.82) is 0 Å². The van der Waals surface area contributed by atoms with Crippen molar-refractivity contribution in [1.82, 2.24) is 0 Å². The van der Waals surface area contributed by atoms with E-state index in [4.69, 9.17) is 4.74 Å². The van der Waals surface area contributed by atoms with Gasteiger partial charge in [-0.25, -0.2) is 4.39 Å². The van der Waals surface area contributed by atoms with E-state index in [1.807, 2.05) is 6.07 Å². The molecule has 0 bridgehead atoms. The lowest BCUT2D eigenvalue weighted by Gasteiger charge is -2.13. The van der Waals surface area contributed by atoms with Gasteiger partial charge in [0.25, 0.3) is 5.91 Å². The summed E-state index contributed by atoms with van der Waals surface area (Å²) in [6.45, 7) is 1.74. The molecule has 0 aliphatic carbocycles. The van der Waals surface area contributed by atoms with E-state index in [-0.39, 0.29) is 17.5 Å². The first-order valence-electron chi connectivity index (χ1n) is 9.24. The van der Waals surface area contributed by atoms with Crippen molar-refractivity contribution in [2.75, 3.05) is 17.7 Å². The largest absolute Gasteiger partial charge is 0.497 e. The number of halogens is 1. The first-order valence-corrected chi connectivity index (χ1v) is 10.1. The van der Waals surface area contributed by atoms with Gasteiger partial charge < -0.3 is 15.4 Å². The first-order chi connectivity index (χ1) is 14.5. The van der Waals surface area contributed by atoms with Gasteiger partial charge in [-0.15, -0.1) is 11.8 Å². The minimum Gasteiger partial charge on any atom is -0.497 e. The Labute approximate surface area is 178 Å². The molecule has 0 aliphatic rings. The van der Waals surface area contributed by atoms with E-state index >= 15 is 0 Å². The van der Waals surface area contributed by atoms with Gasteiger partial charge in [-0.05, 0) is 61.5 Å². The molecule has 154 valence electrons. The van der Waals surface area contributed by atoms with Crippen LogP contribution < -0.4 is 15.4 Å². The van der Waals surface area contributed by atoms with E-state index in [9.17, 15) is 14.0 Å². The molecular weight excluding hydrogens is 403 g/mol. The quantitative estimate of drug-likeness (QED) is 0.511. The number of carbonyl (C=O) groups is 2. The Morgan fingerprint density at radius 1 is 0.967 bits per heavy atom. The van der Waals surface area contributed by atoms with Crippen LogP contribution in [0.4, 0.5) is 15.8 Å². The lowest BCUT2D eigenvalue weighted by atomic mass is 10.2. The summed E-state index contributed by atoms with van der Waals surface area (Å²) < 4.78 is 18.8. The van der Waals surface area contributed by atoms with Crippen molar-refractivity contribution in [3.63, 3.8) is 0 Å². The van der Waals surface area contributed by atoms with Gasteiger partial charge in [-0.1, -0.05) is 18.2 Å².